The van der Waals surface area contributed by atoms with E-state index in [0.29, 0.717) is 5.02 Å². The van der Waals surface area contributed by atoms with Crippen LogP contribution in [-0.4, -0.2) is 37.4 Å². The van der Waals surface area contributed by atoms with Crippen LogP contribution in [0.15, 0.2) is 46.9 Å². The molecule has 26 heavy (non-hydrogen) atoms. The lowest BCUT2D eigenvalue weighted by atomic mass is 9.96. The van der Waals surface area contributed by atoms with Crippen LogP contribution in [0, 0.1) is 0 Å². The number of alkyl halides is 3. The molecule has 1 fully saturated rings. The predicted molar refractivity (Wildman–Crippen MR) is 98.6 cm³/mol. The average Bonchev–Trinajstić information content (AvgIpc) is 2.59. The fourth-order valence-corrected chi connectivity index (χ4v) is 3.70. The first kappa shape index (κ1) is 19.5. The SMILES string of the molecule is FC(F)(F)Oc1ccc([C@H](c2cc(Br)ccc2Cl)N2CCNCC2)cc1. The molecular formula is C18H17BrClF3N2O. The highest BCUT2D eigenvalue weighted by Gasteiger charge is 2.31. The summed E-state index contributed by atoms with van der Waals surface area (Å²) in [6.07, 6.45) is -4.70. The van der Waals surface area contributed by atoms with E-state index in [9.17, 15) is 13.2 Å². The third-order valence-electron chi connectivity index (χ3n) is 4.20. The van der Waals surface area contributed by atoms with Gasteiger partial charge in [0, 0.05) is 35.7 Å². The Hall–Kier alpha value is -1.28. The molecule has 0 unspecified atom stereocenters. The number of halogens is 5. The molecule has 1 heterocycles. The Balaban J connectivity index is 1.96. The highest BCUT2D eigenvalue weighted by molar-refractivity contribution is 9.10. The van der Waals surface area contributed by atoms with Gasteiger partial charge in [-0.1, -0.05) is 39.7 Å². The van der Waals surface area contributed by atoms with Crippen molar-refractivity contribution in [2.24, 2.45) is 0 Å². The highest BCUT2D eigenvalue weighted by Crippen LogP contribution is 2.36. The molecule has 0 radical (unpaired) electrons. The molecule has 3 nitrogen and oxygen atoms in total. The summed E-state index contributed by atoms with van der Waals surface area (Å²) in [6, 6.07) is 11.5. The van der Waals surface area contributed by atoms with Crippen LogP contribution in [-0.2, 0) is 0 Å². The number of ether oxygens (including phenoxy) is 1. The lowest BCUT2D eigenvalue weighted by molar-refractivity contribution is -0.274. The van der Waals surface area contributed by atoms with Gasteiger partial charge in [-0.25, -0.2) is 0 Å². The molecule has 2 aromatic rings. The van der Waals surface area contributed by atoms with Crippen LogP contribution in [0.5, 0.6) is 5.75 Å². The molecule has 0 amide bonds. The van der Waals surface area contributed by atoms with Crippen LogP contribution in [0.2, 0.25) is 5.02 Å². The van der Waals surface area contributed by atoms with Crippen molar-refractivity contribution in [1.29, 1.82) is 0 Å². The Labute approximate surface area is 163 Å². The van der Waals surface area contributed by atoms with Gasteiger partial charge < -0.3 is 10.1 Å². The number of hydrogen-bond donors (Lipinski definition) is 1. The second-order valence-corrected chi connectivity index (χ2v) is 7.29. The number of piperazine rings is 1. The van der Waals surface area contributed by atoms with E-state index >= 15 is 0 Å². The lowest BCUT2D eigenvalue weighted by Gasteiger charge is -2.36. The first-order valence-corrected chi connectivity index (χ1v) is 9.26. The Kier molecular flexibility index (Phi) is 6.12. The van der Waals surface area contributed by atoms with E-state index in [1.54, 1.807) is 12.1 Å². The Bertz CT molecular complexity index is 749. The van der Waals surface area contributed by atoms with Crippen LogP contribution in [0.25, 0.3) is 0 Å². The monoisotopic (exact) mass is 448 g/mol. The molecule has 3 rings (SSSR count). The van der Waals surface area contributed by atoms with Crippen LogP contribution in [0.4, 0.5) is 13.2 Å². The third kappa shape index (κ3) is 4.91. The van der Waals surface area contributed by atoms with Gasteiger partial charge in [0.05, 0.1) is 6.04 Å². The van der Waals surface area contributed by atoms with Crippen LogP contribution in [0.3, 0.4) is 0 Å². The molecule has 8 heteroatoms. The van der Waals surface area contributed by atoms with E-state index in [1.807, 2.05) is 18.2 Å². The van der Waals surface area contributed by atoms with Gasteiger partial charge in [-0.3, -0.25) is 4.90 Å². The zero-order valence-corrected chi connectivity index (χ0v) is 16.0. The largest absolute Gasteiger partial charge is 0.573 e. The Morgan fingerprint density at radius 1 is 1.08 bits per heavy atom. The van der Waals surface area contributed by atoms with Crippen molar-refractivity contribution in [3.63, 3.8) is 0 Å². The smallest absolute Gasteiger partial charge is 0.406 e. The molecule has 0 bridgehead atoms. The minimum absolute atomic E-state index is 0.151. The van der Waals surface area contributed by atoms with Crippen LogP contribution in [0.1, 0.15) is 17.2 Å². The number of hydrogen-bond acceptors (Lipinski definition) is 3. The predicted octanol–water partition coefficient (Wildman–Crippen LogP) is 5.00. The van der Waals surface area contributed by atoms with Gasteiger partial charge in [0.15, 0.2) is 0 Å². The summed E-state index contributed by atoms with van der Waals surface area (Å²) in [6.45, 7) is 3.32. The molecule has 0 aromatic heterocycles. The minimum atomic E-state index is -4.70. The summed E-state index contributed by atoms with van der Waals surface area (Å²) in [7, 11) is 0. The van der Waals surface area contributed by atoms with E-state index in [2.05, 4.69) is 30.9 Å². The maximum Gasteiger partial charge on any atom is 0.573 e. The third-order valence-corrected chi connectivity index (χ3v) is 5.04. The van der Waals surface area contributed by atoms with Crippen molar-refractivity contribution in [2.75, 3.05) is 26.2 Å². The molecule has 1 saturated heterocycles. The molecule has 1 aliphatic heterocycles. The Morgan fingerprint density at radius 3 is 2.35 bits per heavy atom. The minimum Gasteiger partial charge on any atom is -0.406 e. The van der Waals surface area contributed by atoms with Gasteiger partial charge in [-0.2, -0.15) is 0 Å². The average molecular weight is 450 g/mol. The summed E-state index contributed by atoms with van der Waals surface area (Å²) in [4.78, 5) is 2.27. The van der Waals surface area contributed by atoms with E-state index in [4.69, 9.17) is 11.6 Å². The second kappa shape index (κ2) is 8.17. The fourth-order valence-electron chi connectivity index (χ4n) is 3.10. The van der Waals surface area contributed by atoms with Gasteiger partial charge in [0.25, 0.3) is 0 Å². The summed E-state index contributed by atoms with van der Waals surface area (Å²) < 4.78 is 42.1. The topological polar surface area (TPSA) is 24.5 Å². The zero-order valence-electron chi connectivity index (χ0n) is 13.7. The lowest BCUT2D eigenvalue weighted by Crippen LogP contribution is -2.45. The van der Waals surface area contributed by atoms with Crippen LogP contribution < -0.4 is 10.1 Å². The molecular weight excluding hydrogens is 433 g/mol. The Morgan fingerprint density at radius 2 is 1.73 bits per heavy atom. The van der Waals surface area contributed by atoms with E-state index in [1.165, 1.54) is 12.1 Å². The molecule has 0 saturated carbocycles. The van der Waals surface area contributed by atoms with Crippen molar-refractivity contribution < 1.29 is 17.9 Å². The number of nitrogens with one attached hydrogen (secondary N) is 1. The van der Waals surface area contributed by atoms with E-state index < -0.39 is 6.36 Å². The van der Waals surface area contributed by atoms with Crippen molar-refractivity contribution in [2.45, 2.75) is 12.4 Å². The maximum absolute atomic E-state index is 12.4. The molecule has 2 aromatic carbocycles. The van der Waals surface area contributed by atoms with E-state index in [-0.39, 0.29) is 11.8 Å². The standard InChI is InChI=1S/C18H17BrClF3N2O/c19-13-3-6-16(20)15(11-13)17(25-9-7-24-8-10-25)12-1-4-14(5-2-12)26-18(21,22)23/h1-6,11,17,24H,7-10H2/t17-/m1/s1. The van der Waals surface area contributed by atoms with Gasteiger partial charge in [0.1, 0.15) is 5.75 Å². The first-order chi connectivity index (χ1) is 12.3. The van der Waals surface area contributed by atoms with Crippen LogP contribution >= 0.6 is 27.5 Å². The van der Waals surface area contributed by atoms with Gasteiger partial charge in [-0.05, 0) is 41.5 Å². The maximum atomic E-state index is 12.4. The number of nitrogens with zero attached hydrogens (tertiary/aromatic N) is 1. The summed E-state index contributed by atoms with van der Waals surface area (Å²) >= 11 is 9.91. The van der Waals surface area contributed by atoms with Gasteiger partial charge in [0.2, 0.25) is 0 Å². The molecule has 0 aliphatic carbocycles. The second-order valence-electron chi connectivity index (χ2n) is 5.97. The molecule has 1 aliphatic rings. The van der Waals surface area contributed by atoms with Gasteiger partial charge in [-0.15, -0.1) is 13.2 Å². The summed E-state index contributed by atoms with van der Waals surface area (Å²) in [5, 5.41) is 3.92. The van der Waals surface area contributed by atoms with Crippen molar-refractivity contribution in [3.05, 3.63) is 63.1 Å². The van der Waals surface area contributed by atoms with E-state index in [0.717, 1.165) is 41.8 Å². The first-order valence-electron chi connectivity index (χ1n) is 8.09. The number of rotatable bonds is 4. The summed E-state index contributed by atoms with van der Waals surface area (Å²) in [5.41, 5.74) is 1.77. The van der Waals surface area contributed by atoms with Crippen molar-refractivity contribution in [1.82, 2.24) is 10.2 Å². The molecule has 1 atom stereocenters. The van der Waals surface area contributed by atoms with Crippen molar-refractivity contribution >= 4 is 27.5 Å². The summed E-state index contributed by atoms with van der Waals surface area (Å²) in [5.74, 6) is -0.236. The zero-order chi connectivity index (χ0) is 18.7. The fraction of sp³-hybridized carbons (Fsp3) is 0.333. The highest BCUT2D eigenvalue weighted by atomic mass is 79.9. The molecule has 1 N–H and O–H groups in total. The van der Waals surface area contributed by atoms with Crippen molar-refractivity contribution in [3.8, 4) is 5.75 Å². The normalized spacial score (nSPS) is 17.1. The number of benzene rings is 2. The molecule has 140 valence electrons. The quantitative estimate of drug-likeness (QED) is 0.711. The molecule has 0 spiro atoms. The van der Waals surface area contributed by atoms with Gasteiger partial charge >= 0.3 is 6.36 Å².